The predicted octanol–water partition coefficient (Wildman–Crippen LogP) is 2.74. The fourth-order valence-electron chi connectivity index (χ4n) is 2.11. The molecule has 122 valence electrons. The number of nitrogens with one attached hydrogen (secondary N) is 2. The van der Waals surface area contributed by atoms with Crippen molar-refractivity contribution < 1.29 is 14.3 Å². The second kappa shape index (κ2) is 8.08. The number of methoxy groups -OCH3 is 2. The number of ether oxygens (including phenoxy) is 2. The van der Waals surface area contributed by atoms with Gasteiger partial charge in [-0.2, -0.15) is 0 Å². The topological polar surface area (TPSA) is 59.6 Å². The van der Waals surface area contributed by atoms with Gasteiger partial charge in [-0.1, -0.05) is 23.8 Å². The van der Waals surface area contributed by atoms with E-state index in [1.54, 1.807) is 14.2 Å². The van der Waals surface area contributed by atoms with Crippen molar-refractivity contribution in [1.82, 2.24) is 5.32 Å². The Morgan fingerprint density at radius 1 is 1.00 bits per heavy atom. The third kappa shape index (κ3) is 4.92. The molecular formula is C18H22N2O3. The van der Waals surface area contributed by atoms with E-state index in [0.717, 1.165) is 11.3 Å². The van der Waals surface area contributed by atoms with E-state index in [9.17, 15) is 4.79 Å². The van der Waals surface area contributed by atoms with Gasteiger partial charge in [0.25, 0.3) is 0 Å². The van der Waals surface area contributed by atoms with Crippen molar-refractivity contribution in [3.05, 3.63) is 53.6 Å². The summed E-state index contributed by atoms with van der Waals surface area (Å²) >= 11 is 0. The molecule has 0 saturated heterocycles. The number of amides is 1. The van der Waals surface area contributed by atoms with Gasteiger partial charge in [0.05, 0.1) is 20.8 Å². The lowest BCUT2D eigenvalue weighted by atomic mass is 10.2. The molecule has 0 spiro atoms. The van der Waals surface area contributed by atoms with Crippen LogP contribution in [0.15, 0.2) is 42.5 Å². The van der Waals surface area contributed by atoms with Gasteiger partial charge in [-0.3, -0.25) is 4.79 Å². The molecule has 0 atom stereocenters. The van der Waals surface area contributed by atoms with E-state index in [0.29, 0.717) is 18.0 Å². The van der Waals surface area contributed by atoms with Crippen LogP contribution >= 0.6 is 0 Å². The van der Waals surface area contributed by atoms with Crippen molar-refractivity contribution in [3.63, 3.8) is 0 Å². The molecule has 1 amide bonds. The number of benzene rings is 2. The van der Waals surface area contributed by atoms with Gasteiger partial charge >= 0.3 is 0 Å². The highest BCUT2D eigenvalue weighted by molar-refractivity contribution is 5.80. The molecule has 0 radical (unpaired) electrons. The number of hydrogen-bond acceptors (Lipinski definition) is 4. The summed E-state index contributed by atoms with van der Waals surface area (Å²) in [6.07, 6.45) is 0. The van der Waals surface area contributed by atoms with Crippen molar-refractivity contribution in [2.45, 2.75) is 13.5 Å². The Balaban J connectivity index is 1.83. The first-order valence-electron chi connectivity index (χ1n) is 7.40. The summed E-state index contributed by atoms with van der Waals surface area (Å²) in [6, 6.07) is 13.5. The van der Waals surface area contributed by atoms with Gasteiger partial charge in [0.15, 0.2) is 11.5 Å². The third-order valence-electron chi connectivity index (χ3n) is 3.44. The maximum Gasteiger partial charge on any atom is 0.239 e. The number of anilines is 1. The first-order chi connectivity index (χ1) is 11.1. The minimum absolute atomic E-state index is 0.0691. The summed E-state index contributed by atoms with van der Waals surface area (Å²) in [5.41, 5.74) is 3.07. The maximum atomic E-state index is 11.9. The summed E-state index contributed by atoms with van der Waals surface area (Å²) in [7, 11) is 3.18. The molecule has 2 N–H and O–H groups in total. The van der Waals surface area contributed by atoms with E-state index < -0.39 is 0 Å². The molecule has 23 heavy (non-hydrogen) atoms. The summed E-state index contributed by atoms with van der Waals surface area (Å²) in [5.74, 6) is 1.25. The Kier molecular flexibility index (Phi) is 5.86. The van der Waals surface area contributed by atoms with Crippen LogP contribution in [0.3, 0.4) is 0 Å². The SMILES string of the molecule is COc1ccc(CNC(=O)CNc2ccc(C)cc2)cc1OC. The zero-order chi connectivity index (χ0) is 16.7. The summed E-state index contributed by atoms with van der Waals surface area (Å²) in [5, 5.41) is 5.96. The van der Waals surface area contributed by atoms with Gasteiger partial charge < -0.3 is 20.1 Å². The second-order valence-electron chi connectivity index (χ2n) is 5.19. The molecular weight excluding hydrogens is 292 g/mol. The van der Waals surface area contributed by atoms with Crippen molar-refractivity contribution >= 4 is 11.6 Å². The quantitative estimate of drug-likeness (QED) is 0.825. The lowest BCUT2D eigenvalue weighted by Gasteiger charge is -2.11. The molecule has 0 aromatic heterocycles. The highest BCUT2D eigenvalue weighted by atomic mass is 16.5. The first kappa shape index (κ1) is 16.7. The molecule has 2 rings (SSSR count). The van der Waals surface area contributed by atoms with Gasteiger partial charge in [0.1, 0.15) is 0 Å². The van der Waals surface area contributed by atoms with Crippen molar-refractivity contribution in [1.29, 1.82) is 0 Å². The van der Waals surface area contributed by atoms with Crippen molar-refractivity contribution in [3.8, 4) is 11.5 Å². The third-order valence-corrected chi connectivity index (χ3v) is 3.44. The Bertz CT molecular complexity index is 654. The smallest absolute Gasteiger partial charge is 0.239 e. The number of rotatable bonds is 7. The molecule has 0 fully saturated rings. The first-order valence-corrected chi connectivity index (χ1v) is 7.40. The fourth-order valence-corrected chi connectivity index (χ4v) is 2.11. The summed E-state index contributed by atoms with van der Waals surface area (Å²) in [6.45, 7) is 2.70. The monoisotopic (exact) mass is 314 g/mol. The lowest BCUT2D eigenvalue weighted by Crippen LogP contribution is -2.29. The van der Waals surface area contributed by atoms with Crippen LogP contribution in [-0.2, 0) is 11.3 Å². The molecule has 0 aliphatic rings. The van der Waals surface area contributed by atoms with E-state index in [2.05, 4.69) is 10.6 Å². The minimum atomic E-state index is -0.0691. The van der Waals surface area contributed by atoms with E-state index in [4.69, 9.17) is 9.47 Å². The number of carbonyl (C=O) groups is 1. The van der Waals surface area contributed by atoms with Crippen LogP contribution in [0.4, 0.5) is 5.69 Å². The highest BCUT2D eigenvalue weighted by Gasteiger charge is 2.06. The van der Waals surface area contributed by atoms with E-state index >= 15 is 0 Å². The number of hydrogen-bond donors (Lipinski definition) is 2. The van der Waals surface area contributed by atoms with Gasteiger partial charge in [0.2, 0.25) is 5.91 Å². The van der Waals surface area contributed by atoms with Crippen LogP contribution in [-0.4, -0.2) is 26.7 Å². The zero-order valence-corrected chi connectivity index (χ0v) is 13.7. The molecule has 2 aromatic carbocycles. The average molecular weight is 314 g/mol. The van der Waals surface area contributed by atoms with E-state index in [-0.39, 0.29) is 12.5 Å². The molecule has 5 nitrogen and oxygen atoms in total. The largest absolute Gasteiger partial charge is 0.493 e. The second-order valence-corrected chi connectivity index (χ2v) is 5.19. The van der Waals surface area contributed by atoms with Crippen LogP contribution in [0.5, 0.6) is 11.5 Å². The molecule has 5 heteroatoms. The summed E-state index contributed by atoms with van der Waals surface area (Å²) < 4.78 is 10.4. The van der Waals surface area contributed by atoms with E-state index in [1.165, 1.54) is 5.56 Å². The minimum Gasteiger partial charge on any atom is -0.493 e. The highest BCUT2D eigenvalue weighted by Crippen LogP contribution is 2.27. The maximum absolute atomic E-state index is 11.9. The van der Waals surface area contributed by atoms with Crippen LogP contribution in [0.1, 0.15) is 11.1 Å². The van der Waals surface area contributed by atoms with Crippen LogP contribution in [0.2, 0.25) is 0 Å². The molecule has 0 aliphatic carbocycles. The van der Waals surface area contributed by atoms with Crippen LogP contribution in [0.25, 0.3) is 0 Å². The molecule has 0 heterocycles. The lowest BCUT2D eigenvalue weighted by molar-refractivity contribution is -0.119. The zero-order valence-electron chi connectivity index (χ0n) is 13.7. The van der Waals surface area contributed by atoms with Gasteiger partial charge in [-0.25, -0.2) is 0 Å². The summed E-state index contributed by atoms with van der Waals surface area (Å²) in [4.78, 5) is 11.9. The Labute approximate surface area is 136 Å². The van der Waals surface area contributed by atoms with Gasteiger partial charge in [0, 0.05) is 12.2 Å². The van der Waals surface area contributed by atoms with Crippen molar-refractivity contribution in [2.75, 3.05) is 26.1 Å². The van der Waals surface area contributed by atoms with Crippen LogP contribution < -0.4 is 20.1 Å². The molecule has 2 aromatic rings. The molecule has 0 saturated carbocycles. The van der Waals surface area contributed by atoms with E-state index in [1.807, 2.05) is 49.4 Å². The Morgan fingerprint density at radius 2 is 1.70 bits per heavy atom. The standard InChI is InChI=1S/C18H22N2O3/c1-13-4-7-15(8-5-13)19-12-18(21)20-11-14-6-9-16(22-2)17(10-14)23-3/h4-10,19H,11-12H2,1-3H3,(H,20,21). The normalized spacial score (nSPS) is 10.0. The number of aryl methyl sites for hydroxylation is 1. The average Bonchev–Trinajstić information content (AvgIpc) is 2.59. The Hall–Kier alpha value is -2.69. The van der Waals surface area contributed by atoms with Crippen LogP contribution in [0, 0.1) is 6.92 Å². The predicted molar refractivity (Wildman–Crippen MR) is 91.1 cm³/mol. The number of carbonyl (C=O) groups excluding carboxylic acids is 1. The fraction of sp³-hybridized carbons (Fsp3) is 0.278. The molecule has 0 aliphatic heterocycles. The molecule has 0 bridgehead atoms. The van der Waals surface area contributed by atoms with Gasteiger partial charge in [-0.15, -0.1) is 0 Å². The Morgan fingerprint density at radius 3 is 2.35 bits per heavy atom. The molecule has 0 unspecified atom stereocenters. The van der Waals surface area contributed by atoms with Gasteiger partial charge in [-0.05, 0) is 36.8 Å². The van der Waals surface area contributed by atoms with Crippen molar-refractivity contribution in [2.24, 2.45) is 0 Å².